The number of carbonyl (C=O) groups excluding carboxylic acids is 1. The van der Waals surface area contributed by atoms with Crippen LogP contribution in [0.25, 0.3) is 11.4 Å². The molecule has 3 aromatic rings. The van der Waals surface area contributed by atoms with Crippen molar-refractivity contribution in [1.82, 2.24) is 25.1 Å². The average Bonchev–Trinajstić information content (AvgIpc) is 3.32. The quantitative estimate of drug-likeness (QED) is 0.428. The molecule has 2 aromatic carbocycles. The van der Waals surface area contributed by atoms with Gasteiger partial charge in [-0.05, 0) is 75.2 Å². The van der Waals surface area contributed by atoms with E-state index in [0.29, 0.717) is 49.0 Å². The van der Waals surface area contributed by atoms with E-state index in [1.165, 1.54) is 16.9 Å². The Kier molecular flexibility index (Phi) is 8.20. The van der Waals surface area contributed by atoms with Gasteiger partial charge in [-0.3, -0.25) is 0 Å². The Morgan fingerprint density at radius 1 is 1.11 bits per heavy atom. The van der Waals surface area contributed by atoms with Crippen molar-refractivity contribution >= 4 is 17.5 Å². The lowest BCUT2D eigenvalue weighted by Crippen LogP contribution is -2.45. The van der Waals surface area contributed by atoms with Crippen molar-refractivity contribution in [2.24, 2.45) is 0 Å². The maximum absolute atomic E-state index is 12.9. The molecule has 1 atom stereocenters. The molecule has 0 saturated carbocycles. The van der Waals surface area contributed by atoms with Gasteiger partial charge in [-0.2, -0.15) is 18.0 Å². The molecule has 1 amide bonds. The van der Waals surface area contributed by atoms with Crippen LogP contribution in [-0.4, -0.2) is 62.6 Å². The van der Waals surface area contributed by atoms with Gasteiger partial charge in [-0.15, -0.1) is 10.2 Å². The van der Waals surface area contributed by atoms with E-state index in [1.807, 2.05) is 26.8 Å². The van der Waals surface area contributed by atoms with E-state index in [0.717, 1.165) is 25.0 Å². The van der Waals surface area contributed by atoms with Gasteiger partial charge in [0.2, 0.25) is 5.82 Å². The lowest BCUT2D eigenvalue weighted by Gasteiger charge is -2.34. The molecule has 1 aromatic heterocycles. The fourth-order valence-electron chi connectivity index (χ4n) is 4.00. The number of alkyl halides is 3. The minimum absolute atomic E-state index is 0.104. The number of likely N-dealkylation sites (tertiary alicyclic amines) is 1. The number of amides is 1. The number of tetrazole rings is 1. The second-order valence-corrected chi connectivity index (χ2v) is 10.0. The van der Waals surface area contributed by atoms with Gasteiger partial charge in [0.25, 0.3) is 0 Å². The van der Waals surface area contributed by atoms with Crippen molar-refractivity contribution in [3.05, 3.63) is 54.1 Å². The number of piperidine rings is 1. The van der Waals surface area contributed by atoms with Gasteiger partial charge < -0.3 is 19.7 Å². The Morgan fingerprint density at radius 3 is 2.55 bits per heavy atom. The zero-order valence-corrected chi connectivity index (χ0v) is 21.5. The maximum atomic E-state index is 12.9. The van der Waals surface area contributed by atoms with E-state index in [2.05, 4.69) is 20.7 Å². The van der Waals surface area contributed by atoms with Crippen LogP contribution in [-0.2, 0) is 22.2 Å². The third-order valence-corrected chi connectivity index (χ3v) is 5.79. The summed E-state index contributed by atoms with van der Waals surface area (Å²) in [7, 11) is 0. The molecule has 1 aliphatic heterocycles. The second kappa shape index (κ2) is 11.4. The number of halogens is 3. The molecular weight excluding hydrogens is 501 g/mol. The van der Waals surface area contributed by atoms with Gasteiger partial charge in [0.1, 0.15) is 5.60 Å². The van der Waals surface area contributed by atoms with E-state index in [4.69, 9.17) is 9.47 Å². The topological polar surface area (TPSA) is 94.4 Å². The zero-order chi connectivity index (χ0) is 27.3. The fraction of sp³-hybridized carbons (Fsp3) is 0.462. The number of hydrogen-bond donors (Lipinski definition) is 1. The molecular formula is C26H31F3N6O3. The molecule has 1 aliphatic rings. The van der Waals surface area contributed by atoms with Crippen LogP contribution in [0, 0.1) is 0 Å². The molecule has 4 rings (SSSR count). The lowest BCUT2D eigenvalue weighted by molar-refractivity contribution is -0.137. The number of anilines is 2. The zero-order valence-electron chi connectivity index (χ0n) is 21.5. The van der Waals surface area contributed by atoms with Gasteiger partial charge in [-0.1, -0.05) is 12.1 Å². The first kappa shape index (κ1) is 27.4. The SMILES string of the molecule is CC(C)(C)OC(=O)N1CCCC(OCCn2nnc(-c3ccccc3Nc3ccc(C(F)(F)F)cc3)n2)C1. The molecule has 1 fully saturated rings. The summed E-state index contributed by atoms with van der Waals surface area (Å²) in [5.74, 6) is 0.369. The third kappa shape index (κ3) is 7.44. The van der Waals surface area contributed by atoms with Crippen LogP contribution < -0.4 is 5.32 Å². The molecule has 0 spiro atoms. The first-order valence-corrected chi connectivity index (χ1v) is 12.4. The molecule has 1 N–H and O–H groups in total. The van der Waals surface area contributed by atoms with Crippen LogP contribution >= 0.6 is 0 Å². The molecule has 0 radical (unpaired) electrons. The number of benzene rings is 2. The highest BCUT2D eigenvalue weighted by Gasteiger charge is 2.30. The first-order valence-electron chi connectivity index (χ1n) is 12.4. The van der Waals surface area contributed by atoms with Crippen LogP contribution in [0.5, 0.6) is 0 Å². The molecule has 0 bridgehead atoms. The van der Waals surface area contributed by atoms with Crippen molar-refractivity contribution in [2.75, 3.05) is 25.0 Å². The first-order chi connectivity index (χ1) is 18.0. The van der Waals surface area contributed by atoms with Crippen LogP contribution in [0.3, 0.4) is 0 Å². The van der Waals surface area contributed by atoms with E-state index < -0.39 is 17.3 Å². The summed E-state index contributed by atoms with van der Waals surface area (Å²) in [5, 5.41) is 15.8. The molecule has 38 heavy (non-hydrogen) atoms. The van der Waals surface area contributed by atoms with Gasteiger partial charge in [-0.25, -0.2) is 4.79 Å². The molecule has 0 aliphatic carbocycles. The van der Waals surface area contributed by atoms with Crippen LogP contribution in [0.15, 0.2) is 48.5 Å². The predicted molar refractivity (Wildman–Crippen MR) is 135 cm³/mol. The Bertz CT molecular complexity index is 1220. The minimum atomic E-state index is -4.39. The van der Waals surface area contributed by atoms with E-state index in [1.54, 1.807) is 23.1 Å². The van der Waals surface area contributed by atoms with Crippen LogP contribution in [0.1, 0.15) is 39.2 Å². The summed E-state index contributed by atoms with van der Waals surface area (Å²) < 4.78 is 50.0. The van der Waals surface area contributed by atoms with Gasteiger partial charge in [0, 0.05) is 23.5 Å². The highest BCUT2D eigenvalue weighted by molar-refractivity contribution is 5.77. The number of carbonyl (C=O) groups is 1. The van der Waals surface area contributed by atoms with Crippen LogP contribution in [0.4, 0.5) is 29.3 Å². The molecule has 204 valence electrons. The van der Waals surface area contributed by atoms with E-state index in [-0.39, 0.29) is 12.2 Å². The predicted octanol–water partition coefficient (Wildman–Crippen LogP) is 5.52. The maximum Gasteiger partial charge on any atom is 0.416 e. The summed E-state index contributed by atoms with van der Waals surface area (Å²) in [4.78, 5) is 15.5. The molecule has 1 saturated heterocycles. The minimum Gasteiger partial charge on any atom is -0.444 e. The van der Waals surface area contributed by atoms with Crippen molar-refractivity contribution in [2.45, 2.75) is 58.0 Å². The van der Waals surface area contributed by atoms with Crippen molar-refractivity contribution in [3.8, 4) is 11.4 Å². The molecule has 2 heterocycles. The standard InChI is InChI=1S/C26H31F3N6O3/c1-25(2,3)38-24(36)34-14-6-7-20(17-34)37-16-15-35-32-23(31-33-35)21-8-4-5-9-22(21)30-19-12-10-18(11-13-19)26(27,28)29/h4-5,8-13,20,30H,6-7,14-17H2,1-3H3. The summed E-state index contributed by atoms with van der Waals surface area (Å²) in [6.07, 6.45) is -3.15. The van der Waals surface area contributed by atoms with Gasteiger partial charge in [0.05, 0.1) is 31.4 Å². The number of nitrogens with one attached hydrogen (secondary N) is 1. The number of aromatic nitrogens is 4. The highest BCUT2D eigenvalue weighted by atomic mass is 19.4. The summed E-state index contributed by atoms with van der Waals surface area (Å²) in [5.41, 5.74) is 0.521. The van der Waals surface area contributed by atoms with Gasteiger partial charge in [0.15, 0.2) is 0 Å². The smallest absolute Gasteiger partial charge is 0.416 e. The summed E-state index contributed by atoms with van der Waals surface area (Å²) in [6.45, 7) is 7.33. The normalized spacial score (nSPS) is 16.4. The van der Waals surface area contributed by atoms with Crippen molar-refractivity contribution < 1.29 is 27.4 Å². The second-order valence-electron chi connectivity index (χ2n) is 10.0. The Labute approximate surface area is 218 Å². The Balaban J connectivity index is 1.33. The monoisotopic (exact) mass is 532 g/mol. The van der Waals surface area contributed by atoms with Crippen molar-refractivity contribution in [1.29, 1.82) is 0 Å². The Hall–Kier alpha value is -3.67. The van der Waals surface area contributed by atoms with E-state index in [9.17, 15) is 18.0 Å². The number of nitrogens with zero attached hydrogens (tertiary/aromatic N) is 5. The molecule has 1 unspecified atom stereocenters. The summed E-state index contributed by atoms with van der Waals surface area (Å²) in [6, 6.07) is 12.0. The number of rotatable bonds is 7. The summed E-state index contributed by atoms with van der Waals surface area (Å²) >= 11 is 0. The lowest BCUT2D eigenvalue weighted by atomic mass is 10.1. The van der Waals surface area contributed by atoms with Gasteiger partial charge >= 0.3 is 12.3 Å². The average molecular weight is 533 g/mol. The molecule has 9 nitrogen and oxygen atoms in total. The van der Waals surface area contributed by atoms with E-state index >= 15 is 0 Å². The van der Waals surface area contributed by atoms with Crippen molar-refractivity contribution in [3.63, 3.8) is 0 Å². The largest absolute Gasteiger partial charge is 0.444 e. The number of para-hydroxylation sites is 1. The fourth-order valence-corrected chi connectivity index (χ4v) is 4.00. The molecule has 12 heteroatoms. The highest BCUT2D eigenvalue weighted by Crippen LogP contribution is 2.32. The van der Waals surface area contributed by atoms with Crippen LogP contribution in [0.2, 0.25) is 0 Å². The number of hydrogen-bond acceptors (Lipinski definition) is 7. The Morgan fingerprint density at radius 2 is 1.84 bits per heavy atom. The third-order valence-electron chi connectivity index (χ3n) is 5.79. The number of ether oxygens (including phenoxy) is 2.